The van der Waals surface area contributed by atoms with Crippen molar-refractivity contribution < 1.29 is 28.0 Å². The number of nitrogens with zero attached hydrogens (tertiary/aromatic N) is 1. The first-order chi connectivity index (χ1) is 18.8. The molecular formula is C27H29BN4O6S. The lowest BCUT2D eigenvalue weighted by molar-refractivity contribution is -0.123. The third-order valence-corrected chi connectivity index (χ3v) is 8.12. The van der Waals surface area contributed by atoms with Crippen LogP contribution in [0.2, 0.25) is 0 Å². The molecule has 1 aliphatic rings. The molecule has 1 saturated carbocycles. The SMILES string of the molecule is O=C(N[C@@H](CC1CC1)B(O)O)[C@H](Cc1ccccc1)NS(=O)(=O)c1ccc(Oc2ccc3nc[nH]c3c2)cc1. The van der Waals surface area contributed by atoms with Crippen molar-refractivity contribution in [1.82, 2.24) is 20.0 Å². The van der Waals surface area contributed by atoms with Crippen LogP contribution in [0.1, 0.15) is 24.8 Å². The van der Waals surface area contributed by atoms with E-state index in [1.807, 2.05) is 12.1 Å². The molecule has 0 unspecified atom stereocenters. The molecule has 5 N–H and O–H groups in total. The van der Waals surface area contributed by atoms with Crippen LogP contribution in [0, 0.1) is 5.92 Å². The topological polar surface area (TPSA) is 154 Å². The van der Waals surface area contributed by atoms with E-state index in [0.29, 0.717) is 23.8 Å². The predicted molar refractivity (Wildman–Crippen MR) is 146 cm³/mol. The summed E-state index contributed by atoms with van der Waals surface area (Å²) in [6.45, 7) is 0. The molecule has 3 aromatic carbocycles. The average molecular weight is 548 g/mol. The summed E-state index contributed by atoms with van der Waals surface area (Å²) >= 11 is 0. The van der Waals surface area contributed by atoms with Crippen LogP contribution in [-0.4, -0.2) is 53.4 Å². The highest BCUT2D eigenvalue weighted by Gasteiger charge is 2.35. The highest BCUT2D eigenvalue weighted by molar-refractivity contribution is 7.89. The van der Waals surface area contributed by atoms with Crippen molar-refractivity contribution in [2.75, 3.05) is 0 Å². The molecule has 1 aliphatic carbocycles. The zero-order valence-corrected chi connectivity index (χ0v) is 21.8. The van der Waals surface area contributed by atoms with Gasteiger partial charge in [-0.05, 0) is 60.7 Å². The molecule has 1 heterocycles. The Bertz CT molecular complexity index is 1520. The lowest BCUT2D eigenvalue weighted by Crippen LogP contribution is -2.54. The van der Waals surface area contributed by atoms with Crippen LogP contribution in [-0.2, 0) is 21.2 Å². The van der Waals surface area contributed by atoms with Gasteiger partial charge in [-0.2, -0.15) is 4.72 Å². The van der Waals surface area contributed by atoms with Crippen LogP contribution in [0.4, 0.5) is 0 Å². The number of carbonyl (C=O) groups excluding carboxylic acids is 1. The van der Waals surface area contributed by atoms with Crippen LogP contribution in [0.3, 0.4) is 0 Å². The van der Waals surface area contributed by atoms with Gasteiger partial charge in [0, 0.05) is 6.07 Å². The fourth-order valence-electron chi connectivity index (χ4n) is 4.35. The number of ether oxygens (including phenoxy) is 1. The van der Waals surface area contributed by atoms with Gasteiger partial charge in [0.1, 0.15) is 17.5 Å². The summed E-state index contributed by atoms with van der Waals surface area (Å²) in [7, 11) is -5.85. The van der Waals surface area contributed by atoms with Crippen molar-refractivity contribution in [3.63, 3.8) is 0 Å². The van der Waals surface area contributed by atoms with Crippen LogP contribution >= 0.6 is 0 Å². The van der Waals surface area contributed by atoms with Crippen LogP contribution in [0.25, 0.3) is 11.0 Å². The number of benzene rings is 3. The summed E-state index contributed by atoms with van der Waals surface area (Å²) in [6, 6.07) is 19.1. The summed E-state index contributed by atoms with van der Waals surface area (Å²) in [6.07, 6.45) is 4.03. The third-order valence-electron chi connectivity index (χ3n) is 6.63. The number of aromatic amines is 1. The Hall–Kier alpha value is -3.71. The number of aromatic nitrogens is 2. The molecule has 12 heteroatoms. The van der Waals surface area contributed by atoms with Gasteiger partial charge in [0.15, 0.2) is 0 Å². The number of carbonyl (C=O) groups is 1. The van der Waals surface area contributed by atoms with Crippen LogP contribution in [0.15, 0.2) is 84.0 Å². The van der Waals surface area contributed by atoms with E-state index in [2.05, 4.69) is 20.0 Å². The summed E-state index contributed by atoms with van der Waals surface area (Å²) in [5, 5.41) is 22.2. The van der Waals surface area contributed by atoms with E-state index in [-0.39, 0.29) is 11.3 Å². The Morgan fingerprint density at radius 1 is 1.05 bits per heavy atom. The second-order valence-corrected chi connectivity index (χ2v) is 11.4. The second kappa shape index (κ2) is 11.6. The van der Waals surface area contributed by atoms with Gasteiger partial charge in [0.2, 0.25) is 15.9 Å². The zero-order chi connectivity index (χ0) is 27.4. The van der Waals surface area contributed by atoms with Crippen LogP contribution in [0.5, 0.6) is 11.5 Å². The molecule has 0 saturated heterocycles. The average Bonchev–Trinajstić information content (AvgIpc) is 3.62. The number of fused-ring (bicyclic) bond motifs is 1. The number of amides is 1. The zero-order valence-electron chi connectivity index (χ0n) is 21.0. The van der Waals surface area contributed by atoms with E-state index in [1.165, 1.54) is 24.3 Å². The van der Waals surface area contributed by atoms with Crippen molar-refractivity contribution >= 4 is 34.1 Å². The molecular weight excluding hydrogens is 519 g/mol. The molecule has 2 atom stereocenters. The third kappa shape index (κ3) is 7.04. The molecule has 1 amide bonds. The second-order valence-electron chi connectivity index (χ2n) is 9.73. The molecule has 1 aromatic heterocycles. The van der Waals surface area contributed by atoms with Gasteiger partial charge < -0.3 is 25.1 Å². The van der Waals surface area contributed by atoms with Gasteiger partial charge in [-0.15, -0.1) is 0 Å². The largest absolute Gasteiger partial charge is 0.475 e. The number of imidazole rings is 1. The smallest absolute Gasteiger partial charge is 0.457 e. The molecule has 0 bridgehead atoms. The minimum Gasteiger partial charge on any atom is -0.457 e. The molecule has 202 valence electrons. The number of rotatable bonds is 12. The molecule has 0 radical (unpaired) electrons. The standard InChI is InChI=1S/C27H29BN4O6S/c33-27(31-26(28(34)35)15-19-6-7-19)25(14-18-4-2-1-3-5-18)32-39(36,37)22-11-8-20(9-12-22)38-21-10-13-23-24(16-21)30-17-29-23/h1-5,8-13,16-17,19,25-26,32,34-35H,6-7,14-15H2,(H,29,30)(H,31,33)/t25-,26-/m0/s1. The molecule has 0 spiro atoms. The fraction of sp³-hybridized carbons (Fsp3) is 0.259. The van der Waals surface area contributed by atoms with E-state index in [4.69, 9.17) is 4.74 Å². The number of H-pyrrole nitrogens is 1. The van der Waals surface area contributed by atoms with Crippen molar-refractivity contribution in [1.29, 1.82) is 0 Å². The summed E-state index contributed by atoms with van der Waals surface area (Å²) in [4.78, 5) is 20.4. The Morgan fingerprint density at radius 3 is 2.46 bits per heavy atom. The molecule has 39 heavy (non-hydrogen) atoms. The van der Waals surface area contributed by atoms with Crippen molar-refractivity contribution in [2.45, 2.75) is 42.6 Å². The van der Waals surface area contributed by atoms with E-state index >= 15 is 0 Å². The number of hydrogen-bond acceptors (Lipinski definition) is 7. The van der Waals surface area contributed by atoms with Gasteiger partial charge >= 0.3 is 7.12 Å². The Morgan fingerprint density at radius 2 is 1.77 bits per heavy atom. The van der Waals surface area contributed by atoms with Gasteiger partial charge in [0.05, 0.1) is 28.2 Å². The van der Waals surface area contributed by atoms with Crippen molar-refractivity contribution in [3.8, 4) is 11.5 Å². The van der Waals surface area contributed by atoms with E-state index in [9.17, 15) is 23.3 Å². The summed E-state index contributed by atoms with van der Waals surface area (Å²) in [5.41, 5.74) is 2.37. The van der Waals surface area contributed by atoms with Crippen molar-refractivity contribution in [3.05, 3.63) is 84.7 Å². The minimum atomic E-state index is -4.11. The molecule has 1 fully saturated rings. The minimum absolute atomic E-state index is 0.0403. The first-order valence-electron chi connectivity index (χ1n) is 12.7. The predicted octanol–water partition coefficient (Wildman–Crippen LogP) is 2.54. The molecule has 0 aliphatic heterocycles. The van der Waals surface area contributed by atoms with Gasteiger partial charge in [-0.25, -0.2) is 13.4 Å². The number of hydrogen-bond donors (Lipinski definition) is 5. The summed E-state index contributed by atoms with van der Waals surface area (Å²) in [5.74, 6) is -0.192. The molecule has 10 nitrogen and oxygen atoms in total. The van der Waals surface area contributed by atoms with Crippen LogP contribution < -0.4 is 14.8 Å². The van der Waals surface area contributed by atoms with E-state index in [1.54, 1.807) is 42.7 Å². The number of sulfonamides is 1. The normalized spacial score (nSPS) is 15.0. The lowest BCUT2D eigenvalue weighted by Gasteiger charge is -2.23. The Balaban J connectivity index is 1.31. The summed E-state index contributed by atoms with van der Waals surface area (Å²) < 4.78 is 34.9. The van der Waals surface area contributed by atoms with Gasteiger partial charge in [0.25, 0.3) is 0 Å². The highest BCUT2D eigenvalue weighted by Crippen LogP contribution is 2.33. The fourth-order valence-corrected chi connectivity index (χ4v) is 5.54. The quantitative estimate of drug-likeness (QED) is 0.171. The molecule has 5 rings (SSSR count). The highest BCUT2D eigenvalue weighted by atomic mass is 32.2. The first-order valence-corrected chi connectivity index (χ1v) is 14.2. The molecule has 4 aromatic rings. The Kier molecular flexibility index (Phi) is 7.98. The van der Waals surface area contributed by atoms with Gasteiger partial charge in [-0.1, -0.05) is 43.2 Å². The Labute approximate surface area is 226 Å². The number of nitrogens with one attached hydrogen (secondary N) is 3. The monoisotopic (exact) mass is 548 g/mol. The van der Waals surface area contributed by atoms with E-state index in [0.717, 1.165) is 29.4 Å². The van der Waals surface area contributed by atoms with Gasteiger partial charge in [-0.3, -0.25) is 4.79 Å². The maximum absolute atomic E-state index is 13.3. The van der Waals surface area contributed by atoms with E-state index < -0.39 is 35.0 Å². The first kappa shape index (κ1) is 26.9. The van der Waals surface area contributed by atoms with Crippen molar-refractivity contribution in [2.24, 2.45) is 5.92 Å². The lowest BCUT2D eigenvalue weighted by atomic mass is 9.76. The maximum atomic E-state index is 13.3. The maximum Gasteiger partial charge on any atom is 0.475 e.